The van der Waals surface area contributed by atoms with Crippen molar-refractivity contribution in [2.75, 3.05) is 57.5 Å². The summed E-state index contributed by atoms with van der Waals surface area (Å²) in [7, 11) is -4.23. The number of carbonyl (C=O) groups excluding carboxylic acids is 1. The highest BCUT2D eigenvalue weighted by molar-refractivity contribution is 7.89. The third-order valence-corrected chi connectivity index (χ3v) is 9.37. The highest BCUT2D eigenvalue weighted by Crippen LogP contribution is 2.21. The molecular formula is C22H29FN4O5S2. The van der Waals surface area contributed by atoms with Crippen LogP contribution in [-0.4, -0.2) is 83.9 Å². The average Bonchev–Trinajstić information content (AvgIpc) is 2.82. The molecule has 1 saturated heterocycles. The lowest BCUT2D eigenvalue weighted by molar-refractivity contribution is 0.0953. The first-order valence-electron chi connectivity index (χ1n) is 10.8. The monoisotopic (exact) mass is 512 g/mol. The fourth-order valence-electron chi connectivity index (χ4n) is 3.59. The Bertz CT molecular complexity index is 1210. The molecule has 0 saturated carbocycles. The molecule has 2 aromatic carbocycles. The standard InChI is InChI=1S/C22H29FN4O5S2/c1-25(2)34(31,32)19-10-8-18(9-11-19)22(28)24-12-5-17-33(29,30)27-15-13-26(14-16-27)21-7-4-3-6-20(21)23/h3-4,6-11H,5,12-17H2,1-2H3,(H,24,28). The molecule has 3 rings (SSSR count). The summed E-state index contributed by atoms with van der Waals surface area (Å²) in [6.45, 7) is 1.49. The van der Waals surface area contributed by atoms with Crippen LogP contribution in [0.2, 0.25) is 0 Å². The van der Waals surface area contributed by atoms with Crippen LogP contribution in [0.5, 0.6) is 0 Å². The van der Waals surface area contributed by atoms with Crippen LogP contribution in [0.1, 0.15) is 16.8 Å². The number of benzene rings is 2. The molecule has 1 N–H and O–H groups in total. The highest BCUT2D eigenvalue weighted by atomic mass is 32.2. The zero-order valence-corrected chi connectivity index (χ0v) is 20.8. The molecule has 0 aliphatic carbocycles. The number of carbonyl (C=O) groups is 1. The van der Waals surface area contributed by atoms with Gasteiger partial charge in [0.15, 0.2) is 0 Å². The second kappa shape index (κ2) is 10.8. The lowest BCUT2D eigenvalue weighted by Crippen LogP contribution is -2.49. The predicted octanol–water partition coefficient (Wildman–Crippen LogP) is 1.35. The van der Waals surface area contributed by atoms with Crippen LogP contribution >= 0.6 is 0 Å². The van der Waals surface area contributed by atoms with Crippen LogP contribution in [0.3, 0.4) is 0 Å². The van der Waals surface area contributed by atoms with Gasteiger partial charge >= 0.3 is 0 Å². The van der Waals surface area contributed by atoms with E-state index in [2.05, 4.69) is 5.32 Å². The summed E-state index contributed by atoms with van der Waals surface area (Å²) >= 11 is 0. The molecule has 9 nitrogen and oxygen atoms in total. The molecule has 2 aromatic rings. The second-order valence-corrected chi connectivity index (χ2v) is 12.3. The van der Waals surface area contributed by atoms with Crippen LogP contribution in [0, 0.1) is 5.82 Å². The fourth-order valence-corrected chi connectivity index (χ4v) is 5.98. The molecule has 0 atom stereocenters. The molecule has 1 heterocycles. The van der Waals surface area contributed by atoms with E-state index in [0.717, 1.165) is 4.31 Å². The number of hydrogen-bond donors (Lipinski definition) is 1. The van der Waals surface area contributed by atoms with E-state index in [1.165, 1.54) is 48.7 Å². The molecule has 0 aromatic heterocycles. The van der Waals surface area contributed by atoms with E-state index in [9.17, 15) is 26.0 Å². The van der Waals surface area contributed by atoms with Crippen molar-refractivity contribution in [3.63, 3.8) is 0 Å². The SMILES string of the molecule is CN(C)S(=O)(=O)c1ccc(C(=O)NCCCS(=O)(=O)N2CCN(c3ccccc3F)CC2)cc1. The summed E-state index contributed by atoms with van der Waals surface area (Å²) in [5, 5.41) is 2.66. The van der Waals surface area contributed by atoms with E-state index in [0.29, 0.717) is 18.8 Å². The van der Waals surface area contributed by atoms with Crippen molar-refractivity contribution >= 4 is 31.6 Å². The highest BCUT2D eigenvalue weighted by Gasteiger charge is 2.27. The predicted molar refractivity (Wildman–Crippen MR) is 128 cm³/mol. The maximum absolute atomic E-state index is 14.0. The minimum absolute atomic E-state index is 0.0789. The minimum Gasteiger partial charge on any atom is -0.367 e. The Morgan fingerprint density at radius 2 is 1.59 bits per heavy atom. The van der Waals surface area contributed by atoms with Crippen molar-refractivity contribution in [3.05, 3.63) is 59.9 Å². The summed E-state index contributed by atoms with van der Waals surface area (Å²) in [4.78, 5) is 14.2. The van der Waals surface area contributed by atoms with Crippen molar-refractivity contribution in [3.8, 4) is 0 Å². The van der Waals surface area contributed by atoms with Gasteiger partial charge in [-0.25, -0.2) is 25.5 Å². The third-order valence-electron chi connectivity index (χ3n) is 5.58. The van der Waals surface area contributed by atoms with Gasteiger partial charge in [-0.2, -0.15) is 4.31 Å². The molecule has 1 amide bonds. The van der Waals surface area contributed by atoms with E-state index in [1.54, 1.807) is 18.2 Å². The average molecular weight is 513 g/mol. The summed E-state index contributed by atoms with van der Waals surface area (Å²) in [6, 6.07) is 12.0. The molecule has 186 valence electrons. The number of para-hydroxylation sites is 1. The van der Waals surface area contributed by atoms with Gasteiger partial charge in [0.05, 0.1) is 16.3 Å². The van der Waals surface area contributed by atoms with E-state index in [-0.39, 0.29) is 48.1 Å². The minimum atomic E-state index is -3.58. The molecule has 1 aliphatic heterocycles. The van der Waals surface area contributed by atoms with Crippen LogP contribution in [-0.2, 0) is 20.0 Å². The van der Waals surface area contributed by atoms with Gasteiger partial charge < -0.3 is 10.2 Å². The zero-order chi connectivity index (χ0) is 24.9. The number of anilines is 1. The lowest BCUT2D eigenvalue weighted by Gasteiger charge is -2.35. The number of nitrogens with one attached hydrogen (secondary N) is 1. The lowest BCUT2D eigenvalue weighted by atomic mass is 10.2. The number of hydrogen-bond acceptors (Lipinski definition) is 6. The molecule has 0 radical (unpaired) electrons. The molecule has 1 aliphatic rings. The molecular weight excluding hydrogens is 483 g/mol. The van der Waals surface area contributed by atoms with Crippen LogP contribution < -0.4 is 10.2 Å². The maximum atomic E-state index is 14.0. The van der Waals surface area contributed by atoms with Crippen LogP contribution in [0.15, 0.2) is 53.4 Å². The molecule has 1 fully saturated rings. The Balaban J connectivity index is 1.45. The number of rotatable bonds is 9. The van der Waals surface area contributed by atoms with Crippen molar-refractivity contribution in [2.45, 2.75) is 11.3 Å². The fraction of sp³-hybridized carbons (Fsp3) is 0.409. The molecule has 34 heavy (non-hydrogen) atoms. The van der Waals surface area contributed by atoms with Crippen molar-refractivity contribution in [1.82, 2.24) is 13.9 Å². The first kappa shape index (κ1) is 26.1. The zero-order valence-electron chi connectivity index (χ0n) is 19.1. The van der Waals surface area contributed by atoms with Gasteiger partial charge in [-0.15, -0.1) is 0 Å². The van der Waals surface area contributed by atoms with E-state index in [1.807, 2.05) is 4.90 Å². The first-order valence-corrected chi connectivity index (χ1v) is 13.9. The summed E-state index contributed by atoms with van der Waals surface area (Å²) in [6.07, 6.45) is 0.231. The van der Waals surface area contributed by atoms with Gasteiger partial charge in [-0.3, -0.25) is 4.79 Å². The van der Waals surface area contributed by atoms with Gasteiger partial charge in [0.25, 0.3) is 5.91 Å². The number of nitrogens with zero attached hydrogens (tertiary/aromatic N) is 3. The van der Waals surface area contributed by atoms with Gasteiger partial charge in [-0.05, 0) is 42.8 Å². The molecule has 0 bridgehead atoms. The van der Waals surface area contributed by atoms with Gasteiger partial charge in [-0.1, -0.05) is 12.1 Å². The Labute approximate surface area is 200 Å². The van der Waals surface area contributed by atoms with E-state index in [4.69, 9.17) is 0 Å². The van der Waals surface area contributed by atoms with Crippen molar-refractivity contribution in [2.24, 2.45) is 0 Å². The quantitative estimate of drug-likeness (QED) is 0.509. The Morgan fingerprint density at radius 1 is 0.971 bits per heavy atom. The number of amides is 1. The van der Waals surface area contributed by atoms with Gasteiger partial charge in [0, 0.05) is 52.4 Å². The van der Waals surface area contributed by atoms with E-state index >= 15 is 0 Å². The van der Waals surface area contributed by atoms with Crippen molar-refractivity contribution in [1.29, 1.82) is 0 Å². The molecule has 12 heteroatoms. The Kier molecular flexibility index (Phi) is 8.29. The molecule has 0 spiro atoms. The van der Waals surface area contributed by atoms with E-state index < -0.39 is 26.0 Å². The summed E-state index contributed by atoms with van der Waals surface area (Å²) < 4.78 is 66.0. The Morgan fingerprint density at radius 3 is 2.18 bits per heavy atom. The normalized spacial score (nSPS) is 15.5. The second-order valence-electron chi connectivity index (χ2n) is 8.07. The van der Waals surface area contributed by atoms with Gasteiger partial charge in [0.2, 0.25) is 20.0 Å². The smallest absolute Gasteiger partial charge is 0.251 e. The van der Waals surface area contributed by atoms with Gasteiger partial charge in [0.1, 0.15) is 5.82 Å². The molecule has 0 unspecified atom stereocenters. The number of piperazine rings is 1. The topological polar surface area (TPSA) is 107 Å². The van der Waals surface area contributed by atoms with Crippen molar-refractivity contribution < 1.29 is 26.0 Å². The Hall–Kier alpha value is -2.54. The number of sulfonamides is 2. The van der Waals surface area contributed by atoms with Crippen LogP contribution in [0.4, 0.5) is 10.1 Å². The largest absolute Gasteiger partial charge is 0.367 e. The number of halogens is 1. The first-order chi connectivity index (χ1) is 16.0. The van der Waals surface area contributed by atoms with Crippen LogP contribution in [0.25, 0.3) is 0 Å². The summed E-state index contributed by atoms with van der Waals surface area (Å²) in [5.41, 5.74) is 0.749. The maximum Gasteiger partial charge on any atom is 0.251 e. The third kappa shape index (κ3) is 6.12. The summed E-state index contributed by atoms with van der Waals surface area (Å²) in [5.74, 6) is -0.860.